The van der Waals surface area contributed by atoms with Gasteiger partial charge in [-0.05, 0) is 38.8 Å². The van der Waals surface area contributed by atoms with Gasteiger partial charge in [-0.2, -0.15) is 0 Å². The summed E-state index contributed by atoms with van der Waals surface area (Å²) >= 11 is 0. The summed E-state index contributed by atoms with van der Waals surface area (Å²) in [7, 11) is 1.92. The Hall–Kier alpha value is -0.610. The first-order valence-corrected chi connectivity index (χ1v) is 6.26. The van der Waals surface area contributed by atoms with Gasteiger partial charge < -0.3 is 15.0 Å². The van der Waals surface area contributed by atoms with E-state index in [9.17, 15) is 4.79 Å². The van der Waals surface area contributed by atoms with Crippen molar-refractivity contribution >= 4 is 5.91 Å². The number of carbonyl (C=O) groups is 1. The molecule has 2 heterocycles. The average molecular weight is 226 g/mol. The van der Waals surface area contributed by atoms with Gasteiger partial charge >= 0.3 is 0 Å². The Morgan fingerprint density at radius 2 is 2.31 bits per heavy atom. The predicted molar refractivity (Wildman–Crippen MR) is 62.2 cm³/mol. The van der Waals surface area contributed by atoms with E-state index in [1.807, 2.05) is 11.9 Å². The zero-order chi connectivity index (χ0) is 11.5. The van der Waals surface area contributed by atoms with Gasteiger partial charge in [-0.1, -0.05) is 0 Å². The SMILES string of the molecule is CC1OCCC1N(C)C(=O)CC1CCNC1. The van der Waals surface area contributed by atoms with Crippen LogP contribution < -0.4 is 5.32 Å². The monoisotopic (exact) mass is 226 g/mol. The van der Waals surface area contributed by atoms with E-state index in [-0.39, 0.29) is 18.1 Å². The molecule has 1 N–H and O–H groups in total. The number of nitrogens with zero attached hydrogens (tertiary/aromatic N) is 1. The highest BCUT2D eigenvalue weighted by molar-refractivity contribution is 5.76. The molecule has 3 atom stereocenters. The molecule has 2 rings (SSSR count). The van der Waals surface area contributed by atoms with E-state index in [1.54, 1.807) is 0 Å². The summed E-state index contributed by atoms with van der Waals surface area (Å²) in [6, 6.07) is 0.280. The highest BCUT2D eigenvalue weighted by Gasteiger charge is 2.31. The van der Waals surface area contributed by atoms with Crippen molar-refractivity contribution in [2.45, 2.75) is 38.3 Å². The van der Waals surface area contributed by atoms with Gasteiger partial charge in [-0.3, -0.25) is 4.79 Å². The molecule has 2 aliphatic rings. The molecule has 3 unspecified atom stereocenters. The fourth-order valence-electron chi connectivity index (χ4n) is 2.69. The van der Waals surface area contributed by atoms with Crippen molar-refractivity contribution < 1.29 is 9.53 Å². The lowest BCUT2D eigenvalue weighted by Crippen LogP contribution is -2.41. The second-order valence-corrected chi connectivity index (χ2v) is 5.00. The fraction of sp³-hybridized carbons (Fsp3) is 0.917. The van der Waals surface area contributed by atoms with Crippen LogP contribution in [0.1, 0.15) is 26.2 Å². The second kappa shape index (κ2) is 5.15. The largest absolute Gasteiger partial charge is 0.376 e. The molecule has 4 nitrogen and oxygen atoms in total. The lowest BCUT2D eigenvalue weighted by molar-refractivity contribution is -0.133. The summed E-state index contributed by atoms with van der Waals surface area (Å²) in [6.45, 7) is 4.90. The molecule has 0 aromatic heterocycles. The van der Waals surface area contributed by atoms with Crippen LogP contribution in [0.5, 0.6) is 0 Å². The van der Waals surface area contributed by atoms with E-state index in [4.69, 9.17) is 4.74 Å². The summed E-state index contributed by atoms with van der Waals surface area (Å²) in [5.41, 5.74) is 0. The van der Waals surface area contributed by atoms with E-state index >= 15 is 0 Å². The van der Waals surface area contributed by atoms with E-state index in [0.717, 1.165) is 32.5 Å². The van der Waals surface area contributed by atoms with E-state index in [2.05, 4.69) is 12.2 Å². The van der Waals surface area contributed by atoms with Gasteiger partial charge in [0.15, 0.2) is 0 Å². The minimum Gasteiger partial charge on any atom is -0.376 e. The van der Waals surface area contributed by atoms with Gasteiger partial charge in [-0.25, -0.2) is 0 Å². The van der Waals surface area contributed by atoms with E-state index in [1.165, 1.54) is 0 Å². The van der Waals surface area contributed by atoms with Crippen molar-refractivity contribution in [3.05, 3.63) is 0 Å². The zero-order valence-corrected chi connectivity index (χ0v) is 10.2. The number of carbonyl (C=O) groups excluding carboxylic acids is 1. The van der Waals surface area contributed by atoms with Gasteiger partial charge in [0.2, 0.25) is 5.91 Å². The molecule has 0 bridgehead atoms. The first kappa shape index (κ1) is 11.9. The maximum Gasteiger partial charge on any atom is 0.222 e. The van der Waals surface area contributed by atoms with Crippen LogP contribution in [0, 0.1) is 5.92 Å². The first-order chi connectivity index (χ1) is 7.68. The number of likely N-dealkylation sites (N-methyl/N-ethyl adjacent to an activating group) is 1. The van der Waals surface area contributed by atoms with Crippen LogP contribution >= 0.6 is 0 Å². The normalized spacial score (nSPS) is 34.2. The van der Waals surface area contributed by atoms with Crippen LogP contribution in [0.3, 0.4) is 0 Å². The molecule has 0 saturated carbocycles. The van der Waals surface area contributed by atoms with Crippen LogP contribution in [0.15, 0.2) is 0 Å². The smallest absolute Gasteiger partial charge is 0.222 e. The predicted octanol–water partition coefficient (Wildman–Crippen LogP) is 0.622. The van der Waals surface area contributed by atoms with Crippen molar-refractivity contribution in [1.29, 1.82) is 0 Å². The molecule has 92 valence electrons. The molecule has 0 aromatic carbocycles. The summed E-state index contributed by atoms with van der Waals surface area (Å²) in [5.74, 6) is 0.809. The Balaban J connectivity index is 1.83. The molecule has 0 aliphatic carbocycles. The van der Waals surface area contributed by atoms with Gasteiger partial charge in [0, 0.05) is 20.1 Å². The van der Waals surface area contributed by atoms with Crippen molar-refractivity contribution in [1.82, 2.24) is 10.2 Å². The topological polar surface area (TPSA) is 41.6 Å². The molecule has 1 amide bonds. The van der Waals surface area contributed by atoms with Gasteiger partial charge in [0.1, 0.15) is 0 Å². The van der Waals surface area contributed by atoms with Gasteiger partial charge in [0.25, 0.3) is 0 Å². The number of amides is 1. The summed E-state index contributed by atoms with van der Waals surface area (Å²) in [4.78, 5) is 14.0. The highest BCUT2D eigenvalue weighted by Crippen LogP contribution is 2.21. The number of nitrogens with one attached hydrogen (secondary N) is 1. The van der Waals surface area contributed by atoms with E-state index < -0.39 is 0 Å². The third kappa shape index (κ3) is 2.55. The van der Waals surface area contributed by atoms with Crippen molar-refractivity contribution in [2.24, 2.45) is 5.92 Å². The Morgan fingerprint density at radius 1 is 1.50 bits per heavy atom. The quantitative estimate of drug-likeness (QED) is 0.767. The molecule has 2 saturated heterocycles. The van der Waals surface area contributed by atoms with Crippen LogP contribution in [-0.4, -0.2) is 49.7 Å². The first-order valence-electron chi connectivity index (χ1n) is 6.26. The Bertz CT molecular complexity index is 251. The summed E-state index contributed by atoms with van der Waals surface area (Å²) in [5, 5.41) is 3.30. The average Bonchev–Trinajstić information content (AvgIpc) is 2.88. The van der Waals surface area contributed by atoms with Crippen LogP contribution in [0.2, 0.25) is 0 Å². The molecule has 2 fully saturated rings. The lowest BCUT2D eigenvalue weighted by Gasteiger charge is -2.27. The van der Waals surface area contributed by atoms with Crippen LogP contribution in [0.4, 0.5) is 0 Å². The molecule has 16 heavy (non-hydrogen) atoms. The Labute approximate surface area is 97.3 Å². The molecule has 4 heteroatoms. The van der Waals surface area contributed by atoms with E-state index in [0.29, 0.717) is 12.3 Å². The third-order valence-electron chi connectivity index (χ3n) is 3.85. The van der Waals surface area contributed by atoms with Crippen LogP contribution in [-0.2, 0) is 9.53 Å². The summed E-state index contributed by atoms with van der Waals surface area (Å²) in [6.07, 6.45) is 2.99. The molecule has 0 spiro atoms. The highest BCUT2D eigenvalue weighted by atomic mass is 16.5. The van der Waals surface area contributed by atoms with Gasteiger partial charge in [-0.15, -0.1) is 0 Å². The second-order valence-electron chi connectivity index (χ2n) is 5.00. The maximum atomic E-state index is 12.1. The number of rotatable bonds is 3. The lowest BCUT2D eigenvalue weighted by atomic mass is 10.0. The zero-order valence-electron chi connectivity index (χ0n) is 10.2. The Kier molecular flexibility index (Phi) is 3.82. The molecule has 2 aliphatic heterocycles. The van der Waals surface area contributed by atoms with Crippen molar-refractivity contribution in [2.75, 3.05) is 26.7 Å². The standard InChI is InChI=1S/C12H22N2O2/c1-9-11(4-6-16-9)14(2)12(15)7-10-3-5-13-8-10/h9-11,13H,3-8H2,1-2H3. The van der Waals surface area contributed by atoms with Gasteiger partial charge in [0.05, 0.1) is 12.1 Å². The third-order valence-corrected chi connectivity index (χ3v) is 3.85. The van der Waals surface area contributed by atoms with Crippen molar-refractivity contribution in [3.8, 4) is 0 Å². The minimum absolute atomic E-state index is 0.190. The number of ether oxygens (including phenoxy) is 1. The molecular weight excluding hydrogens is 204 g/mol. The molecular formula is C12H22N2O2. The Morgan fingerprint density at radius 3 is 2.88 bits per heavy atom. The number of hydrogen-bond donors (Lipinski definition) is 1. The van der Waals surface area contributed by atoms with Crippen LogP contribution in [0.25, 0.3) is 0 Å². The molecule has 0 aromatic rings. The molecule has 0 radical (unpaired) electrons. The maximum absolute atomic E-state index is 12.1. The fourth-order valence-corrected chi connectivity index (χ4v) is 2.69. The van der Waals surface area contributed by atoms with Crippen molar-refractivity contribution in [3.63, 3.8) is 0 Å². The summed E-state index contributed by atoms with van der Waals surface area (Å²) < 4.78 is 5.50. The minimum atomic E-state index is 0.190. The number of hydrogen-bond acceptors (Lipinski definition) is 3.